The number of esters is 1. The van der Waals surface area contributed by atoms with E-state index in [2.05, 4.69) is 4.74 Å². The molecule has 0 bridgehead atoms. The number of methoxy groups -OCH3 is 1. The maximum atomic E-state index is 12.9. The largest absolute Gasteiger partial charge is 0.465 e. The topological polar surface area (TPSA) is 72.9 Å². The number of benzene rings is 2. The fourth-order valence-electron chi connectivity index (χ4n) is 3.33. The molecule has 1 atom stereocenters. The van der Waals surface area contributed by atoms with Gasteiger partial charge >= 0.3 is 5.97 Å². The molecule has 0 aromatic heterocycles. The molecular weight excluding hydrogens is 378 g/mol. The van der Waals surface area contributed by atoms with E-state index in [0.29, 0.717) is 31.9 Å². The first kappa shape index (κ1) is 20.5. The van der Waals surface area contributed by atoms with E-state index >= 15 is 0 Å². The number of carbonyl (C=O) groups excluding carboxylic acids is 1. The minimum Gasteiger partial charge on any atom is -0.465 e. The van der Waals surface area contributed by atoms with Gasteiger partial charge < -0.3 is 9.47 Å². The van der Waals surface area contributed by atoms with Crippen molar-refractivity contribution in [3.05, 3.63) is 65.7 Å². The Morgan fingerprint density at radius 2 is 1.82 bits per heavy atom. The molecule has 0 N–H and O–H groups in total. The van der Waals surface area contributed by atoms with Gasteiger partial charge in [0.15, 0.2) is 0 Å². The van der Waals surface area contributed by atoms with Gasteiger partial charge in [0.2, 0.25) is 10.0 Å². The van der Waals surface area contributed by atoms with E-state index in [9.17, 15) is 13.2 Å². The summed E-state index contributed by atoms with van der Waals surface area (Å²) in [6.07, 6.45) is 1.75. The van der Waals surface area contributed by atoms with E-state index in [1.54, 1.807) is 0 Å². The summed E-state index contributed by atoms with van der Waals surface area (Å²) in [4.78, 5) is 11.7. The summed E-state index contributed by atoms with van der Waals surface area (Å²) in [5.74, 6) is -0.320. The molecule has 1 fully saturated rings. The van der Waals surface area contributed by atoms with Crippen molar-refractivity contribution in [2.75, 3.05) is 26.8 Å². The first-order valence-electron chi connectivity index (χ1n) is 9.31. The molecule has 2 aromatic rings. The van der Waals surface area contributed by atoms with Crippen LogP contribution in [-0.4, -0.2) is 45.5 Å². The quantitative estimate of drug-likeness (QED) is 0.664. The lowest BCUT2D eigenvalue weighted by molar-refractivity contribution is 0.0600. The molecule has 1 aliphatic rings. The van der Waals surface area contributed by atoms with E-state index in [-0.39, 0.29) is 10.8 Å². The first-order chi connectivity index (χ1) is 13.5. The molecule has 150 valence electrons. The molecule has 0 saturated carbocycles. The SMILES string of the molecule is COC(=O)c1ccc(S(=O)(=O)N2CCCC(COCc3ccccc3)C2)cc1. The van der Waals surface area contributed by atoms with Crippen LogP contribution in [0.1, 0.15) is 28.8 Å². The number of hydrogen-bond donors (Lipinski definition) is 0. The van der Waals surface area contributed by atoms with Crippen LogP contribution in [0.2, 0.25) is 0 Å². The highest BCUT2D eigenvalue weighted by molar-refractivity contribution is 7.89. The van der Waals surface area contributed by atoms with Gasteiger partial charge in [-0.25, -0.2) is 13.2 Å². The summed E-state index contributed by atoms with van der Waals surface area (Å²) in [6.45, 7) is 1.99. The fraction of sp³-hybridized carbons (Fsp3) is 0.381. The Balaban J connectivity index is 1.60. The number of rotatable bonds is 7. The maximum absolute atomic E-state index is 12.9. The summed E-state index contributed by atoms with van der Waals surface area (Å²) >= 11 is 0. The molecule has 0 radical (unpaired) electrons. The Kier molecular flexibility index (Phi) is 6.83. The Morgan fingerprint density at radius 3 is 2.50 bits per heavy atom. The predicted molar refractivity (Wildman–Crippen MR) is 105 cm³/mol. The predicted octanol–water partition coefficient (Wildman–Crippen LogP) is 3.09. The maximum Gasteiger partial charge on any atom is 0.337 e. The van der Waals surface area contributed by atoms with Gasteiger partial charge in [-0.2, -0.15) is 4.31 Å². The van der Waals surface area contributed by atoms with Gasteiger partial charge in [-0.3, -0.25) is 0 Å². The highest BCUT2D eigenvalue weighted by Gasteiger charge is 2.30. The Bertz CT molecular complexity index is 881. The van der Waals surface area contributed by atoms with Crippen LogP contribution in [-0.2, 0) is 26.1 Å². The third kappa shape index (κ3) is 4.98. The standard InChI is InChI=1S/C21H25NO5S/c1-26-21(23)19-9-11-20(12-10-19)28(24,25)22-13-5-8-18(14-22)16-27-15-17-6-3-2-4-7-17/h2-4,6-7,9-12,18H,5,8,13-16H2,1H3. The van der Waals surface area contributed by atoms with Crippen molar-refractivity contribution < 1.29 is 22.7 Å². The third-order valence-corrected chi connectivity index (χ3v) is 6.74. The van der Waals surface area contributed by atoms with E-state index in [1.807, 2.05) is 30.3 Å². The van der Waals surface area contributed by atoms with Crippen LogP contribution in [0.25, 0.3) is 0 Å². The number of ether oxygens (including phenoxy) is 2. The van der Waals surface area contributed by atoms with Crippen molar-refractivity contribution in [1.29, 1.82) is 0 Å². The van der Waals surface area contributed by atoms with Crippen molar-refractivity contribution in [2.45, 2.75) is 24.3 Å². The summed E-state index contributed by atoms with van der Waals surface area (Å²) in [7, 11) is -2.30. The summed E-state index contributed by atoms with van der Waals surface area (Å²) in [5.41, 5.74) is 1.43. The number of nitrogens with zero attached hydrogens (tertiary/aromatic N) is 1. The molecule has 6 nitrogen and oxygen atoms in total. The van der Waals surface area contributed by atoms with Crippen molar-refractivity contribution in [2.24, 2.45) is 5.92 Å². The lowest BCUT2D eigenvalue weighted by Gasteiger charge is -2.31. The highest BCUT2D eigenvalue weighted by atomic mass is 32.2. The van der Waals surface area contributed by atoms with E-state index in [4.69, 9.17) is 4.74 Å². The lowest BCUT2D eigenvalue weighted by Crippen LogP contribution is -2.41. The average molecular weight is 404 g/mol. The van der Waals surface area contributed by atoms with Crippen LogP contribution in [0, 0.1) is 5.92 Å². The first-order valence-corrected chi connectivity index (χ1v) is 10.7. The van der Waals surface area contributed by atoms with Crippen molar-refractivity contribution >= 4 is 16.0 Å². The summed E-state index contributed by atoms with van der Waals surface area (Å²) < 4.78 is 37.9. The van der Waals surface area contributed by atoms with Crippen LogP contribution >= 0.6 is 0 Å². The molecule has 1 heterocycles. The van der Waals surface area contributed by atoms with Gasteiger partial charge in [-0.15, -0.1) is 0 Å². The van der Waals surface area contributed by atoms with Gasteiger partial charge in [0.1, 0.15) is 0 Å². The van der Waals surface area contributed by atoms with Crippen LogP contribution in [0.5, 0.6) is 0 Å². The average Bonchev–Trinajstić information content (AvgIpc) is 2.74. The summed E-state index contributed by atoms with van der Waals surface area (Å²) in [6, 6.07) is 15.8. The van der Waals surface area contributed by atoms with E-state index in [1.165, 1.54) is 35.7 Å². The minimum atomic E-state index is -3.60. The molecule has 0 spiro atoms. The van der Waals surface area contributed by atoms with E-state index < -0.39 is 16.0 Å². The lowest BCUT2D eigenvalue weighted by atomic mass is 10.0. The molecule has 2 aromatic carbocycles. The molecule has 28 heavy (non-hydrogen) atoms. The van der Waals surface area contributed by atoms with Crippen LogP contribution < -0.4 is 0 Å². The van der Waals surface area contributed by atoms with Gasteiger partial charge in [-0.1, -0.05) is 30.3 Å². The number of sulfonamides is 1. The smallest absolute Gasteiger partial charge is 0.337 e. The zero-order valence-corrected chi connectivity index (χ0v) is 16.7. The molecule has 1 saturated heterocycles. The second kappa shape index (κ2) is 9.32. The molecule has 0 amide bonds. The van der Waals surface area contributed by atoms with E-state index in [0.717, 1.165) is 18.4 Å². The van der Waals surface area contributed by atoms with Crippen molar-refractivity contribution in [3.8, 4) is 0 Å². The number of piperidine rings is 1. The minimum absolute atomic E-state index is 0.168. The third-order valence-electron chi connectivity index (χ3n) is 4.86. The highest BCUT2D eigenvalue weighted by Crippen LogP contribution is 2.24. The Morgan fingerprint density at radius 1 is 1.11 bits per heavy atom. The van der Waals surface area contributed by atoms with Crippen LogP contribution in [0.3, 0.4) is 0 Å². The second-order valence-electron chi connectivity index (χ2n) is 6.89. The van der Waals surface area contributed by atoms with Crippen LogP contribution in [0.4, 0.5) is 0 Å². The Labute approximate surface area is 166 Å². The zero-order chi connectivity index (χ0) is 20.0. The normalized spacial score (nSPS) is 18.0. The molecule has 3 rings (SSSR count). The van der Waals surface area contributed by atoms with Crippen molar-refractivity contribution in [1.82, 2.24) is 4.31 Å². The second-order valence-corrected chi connectivity index (χ2v) is 8.83. The van der Waals surface area contributed by atoms with Gasteiger partial charge in [0.05, 0.1) is 30.8 Å². The van der Waals surface area contributed by atoms with Gasteiger partial charge in [0, 0.05) is 13.1 Å². The molecule has 1 aliphatic heterocycles. The van der Waals surface area contributed by atoms with Gasteiger partial charge in [-0.05, 0) is 48.6 Å². The number of carbonyl (C=O) groups is 1. The fourth-order valence-corrected chi connectivity index (χ4v) is 4.88. The Hall–Kier alpha value is -2.22. The molecule has 7 heteroatoms. The van der Waals surface area contributed by atoms with Crippen LogP contribution in [0.15, 0.2) is 59.5 Å². The molecule has 0 aliphatic carbocycles. The molecule has 1 unspecified atom stereocenters. The molecular formula is C21H25NO5S. The van der Waals surface area contributed by atoms with Crippen molar-refractivity contribution in [3.63, 3.8) is 0 Å². The zero-order valence-electron chi connectivity index (χ0n) is 15.9. The van der Waals surface area contributed by atoms with Gasteiger partial charge in [0.25, 0.3) is 0 Å². The monoisotopic (exact) mass is 403 g/mol. The summed E-state index contributed by atoms with van der Waals surface area (Å²) in [5, 5.41) is 0. The number of hydrogen-bond acceptors (Lipinski definition) is 5.